The molecule has 0 aliphatic carbocycles. The lowest BCUT2D eigenvalue weighted by Crippen LogP contribution is -2.33. The second kappa shape index (κ2) is 10.9. The Morgan fingerprint density at radius 2 is 1.74 bits per heavy atom. The molecule has 0 saturated heterocycles. The van der Waals surface area contributed by atoms with Crippen molar-refractivity contribution >= 4 is 23.4 Å². The molecule has 0 bridgehead atoms. The zero-order valence-corrected chi connectivity index (χ0v) is 19.7. The second-order valence-corrected chi connectivity index (χ2v) is 8.62. The molecular formula is C26H21F2N5OS. The van der Waals surface area contributed by atoms with E-state index in [1.807, 2.05) is 37.3 Å². The Balaban J connectivity index is 1.65. The molecule has 35 heavy (non-hydrogen) atoms. The molecule has 1 amide bonds. The summed E-state index contributed by atoms with van der Waals surface area (Å²) >= 11 is 1.15. The molecule has 0 aliphatic heterocycles. The van der Waals surface area contributed by atoms with E-state index in [1.165, 1.54) is 35.2 Å². The molecule has 1 aromatic heterocycles. The van der Waals surface area contributed by atoms with Gasteiger partial charge in [0.2, 0.25) is 5.91 Å². The van der Waals surface area contributed by atoms with Crippen LogP contribution in [-0.2, 0) is 4.79 Å². The van der Waals surface area contributed by atoms with E-state index in [9.17, 15) is 13.6 Å². The molecule has 4 aromatic rings. The van der Waals surface area contributed by atoms with Gasteiger partial charge in [0.1, 0.15) is 11.6 Å². The number of aromatic nitrogens is 3. The maximum absolute atomic E-state index is 14.6. The molecule has 0 radical (unpaired) electrons. The highest BCUT2D eigenvalue weighted by Crippen LogP contribution is 2.30. The number of anilines is 1. The van der Waals surface area contributed by atoms with E-state index in [-0.39, 0.29) is 24.6 Å². The Hall–Kier alpha value is -4.03. The first kappa shape index (κ1) is 24.1. The maximum Gasteiger partial charge on any atom is 0.237 e. The van der Waals surface area contributed by atoms with E-state index in [0.29, 0.717) is 22.2 Å². The van der Waals surface area contributed by atoms with Crippen molar-refractivity contribution in [2.75, 3.05) is 17.2 Å². The highest BCUT2D eigenvalue weighted by atomic mass is 32.2. The molecule has 4 rings (SSSR count). The predicted molar refractivity (Wildman–Crippen MR) is 131 cm³/mol. The molecule has 1 heterocycles. The second-order valence-electron chi connectivity index (χ2n) is 7.68. The number of carbonyl (C=O) groups is 1. The van der Waals surface area contributed by atoms with Crippen LogP contribution in [0.3, 0.4) is 0 Å². The third-order valence-corrected chi connectivity index (χ3v) is 6.17. The number of carbonyl (C=O) groups excluding carboxylic acids is 1. The van der Waals surface area contributed by atoms with Crippen LogP contribution in [0.1, 0.15) is 12.0 Å². The van der Waals surface area contributed by atoms with E-state index in [1.54, 1.807) is 22.8 Å². The molecular weight excluding hydrogens is 468 g/mol. The van der Waals surface area contributed by atoms with E-state index in [2.05, 4.69) is 10.2 Å². The quantitative estimate of drug-likeness (QED) is 0.303. The minimum Gasteiger partial charge on any atom is -0.311 e. The highest BCUT2D eigenvalue weighted by Gasteiger charge is 2.21. The minimum atomic E-state index is -0.431. The summed E-state index contributed by atoms with van der Waals surface area (Å²) in [5, 5.41) is 17.9. The summed E-state index contributed by atoms with van der Waals surface area (Å²) < 4.78 is 29.7. The van der Waals surface area contributed by atoms with Crippen molar-refractivity contribution in [1.29, 1.82) is 5.26 Å². The van der Waals surface area contributed by atoms with Crippen LogP contribution in [-0.4, -0.2) is 33.0 Å². The molecule has 176 valence electrons. The van der Waals surface area contributed by atoms with Crippen LogP contribution >= 0.6 is 11.8 Å². The normalized spacial score (nSPS) is 10.7. The summed E-state index contributed by atoms with van der Waals surface area (Å²) in [6.07, 6.45) is 0.130. The van der Waals surface area contributed by atoms with E-state index >= 15 is 0 Å². The average Bonchev–Trinajstić information content (AvgIpc) is 3.28. The lowest BCUT2D eigenvalue weighted by molar-refractivity contribution is -0.116. The van der Waals surface area contributed by atoms with Gasteiger partial charge in [0, 0.05) is 17.9 Å². The molecule has 0 N–H and O–H groups in total. The van der Waals surface area contributed by atoms with Crippen molar-refractivity contribution in [2.24, 2.45) is 0 Å². The number of hydrogen-bond acceptors (Lipinski definition) is 5. The van der Waals surface area contributed by atoms with Crippen molar-refractivity contribution in [3.63, 3.8) is 0 Å². The molecule has 3 aromatic carbocycles. The van der Waals surface area contributed by atoms with Crippen LogP contribution in [0.2, 0.25) is 0 Å². The summed E-state index contributed by atoms with van der Waals surface area (Å²) in [7, 11) is 0. The van der Waals surface area contributed by atoms with Crippen LogP contribution in [0.25, 0.3) is 17.1 Å². The van der Waals surface area contributed by atoms with Gasteiger partial charge in [0.15, 0.2) is 11.0 Å². The average molecular weight is 490 g/mol. The van der Waals surface area contributed by atoms with Gasteiger partial charge in [0.25, 0.3) is 0 Å². The fraction of sp³-hybridized carbons (Fsp3) is 0.154. The first-order chi connectivity index (χ1) is 17.0. The predicted octanol–water partition coefficient (Wildman–Crippen LogP) is 5.56. The third kappa shape index (κ3) is 5.55. The van der Waals surface area contributed by atoms with Crippen molar-refractivity contribution in [2.45, 2.75) is 18.5 Å². The molecule has 0 spiro atoms. The standard InChI is InChI=1S/C26H21F2N5OS/c1-18-7-11-21(12-8-18)33-25(22-5-2-3-6-23(22)28)30-31-26(33)35-17-24(34)32(16-4-15-29)20-13-9-19(27)10-14-20/h2-3,5-14H,4,16-17H2,1H3. The lowest BCUT2D eigenvalue weighted by atomic mass is 10.2. The van der Waals surface area contributed by atoms with Gasteiger partial charge in [-0.25, -0.2) is 8.78 Å². The van der Waals surface area contributed by atoms with Crippen LogP contribution in [0.4, 0.5) is 14.5 Å². The van der Waals surface area contributed by atoms with E-state index in [0.717, 1.165) is 23.0 Å². The Morgan fingerprint density at radius 3 is 2.43 bits per heavy atom. The van der Waals surface area contributed by atoms with Crippen molar-refractivity contribution in [1.82, 2.24) is 14.8 Å². The molecule has 9 heteroatoms. The topological polar surface area (TPSA) is 74.8 Å². The van der Waals surface area contributed by atoms with Crippen molar-refractivity contribution in [3.05, 3.63) is 90.0 Å². The Bertz CT molecular complexity index is 1360. The molecule has 0 aliphatic rings. The summed E-state index contributed by atoms with van der Waals surface area (Å²) in [6.45, 7) is 2.14. The Labute approximate surface area is 205 Å². The van der Waals surface area contributed by atoms with E-state index in [4.69, 9.17) is 5.26 Å². The van der Waals surface area contributed by atoms with Gasteiger partial charge in [0.05, 0.1) is 23.8 Å². The molecule has 0 atom stereocenters. The fourth-order valence-electron chi connectivity index (χ4n) is 3.49. The largest absolute Gasteiger partial charge is 0.311 e. The number of rotatable bonds is 8. The van der Waals surface area contributed by atoms with Gasteiger partial charge in [-0.3, -0.25) is 9.36 Å². The van der Waals surface area contributed by atoms with Gasteiger partial charge in [-0.1, -0.05) is 41.6 Å². The lowest BCUT2D eigenvalue weighted by Gasteiger charge is -2.21. The number of halogens is 2. The number of thioether (sulfide) groups is 1. The summed E-state index contributed by atoms with van der Waals surface area (Å²) in [6, 6.07) is 21.5. The molecule has 0 saturated carbocycles. The van der Waals surface area contributed by atoms with Gasteiger partial charge in [-0.05, 0) is 55.5 Å². The number of amides is 1. The Kier molecular flexibility index (Phi) is 7.53. The van der Waals surface area contributed by atoms with Crippen LogP contribution in [0.15, 0.2) is 78.0 Å². The highest BCUT2D eigenvalue weighted by molar-refractivity contribution is 7.99. The maximum atomic E-state index is 14.6. The van der Waals surface area contributed by atoms with Gasteiger partial charge in [-0.2, -0.15) is 5.26 Å². The van der Waals surface area contributed by atoms with Gasteiger partial charge < -0.3 is 4.90 Å². The minimum absolute atomic E-state index is 0.00985. The van der Waals surface area contributed by atoms with Crippen molar-refractivity contribution < 1.29 is 13.6 Å². The van der Waals surface area contributed by atoms with Gasteiger partial charge >= 0.3 is 0 Å². The van der Waals surface area contributed by atoms with E-state index < -0.39 is 11.6 Å². The first-order valence-electron chi connectivity index (χ1n) is 10.8. The smallest absolute Gasteiger partial charge is 0.237 e. The van der Waals surface area contributed by atoms with Crippen LogP contribution in [0, 0.1) is 29.9 Å². The molecule has 6 nitrogen and oxygen atoms in total. The number of aryl methyl sites for hydroxylation is 1. The molecule has 0 unspecified atom stereocenters. The zero-order valence-electron chi connectivity index (χ0n) is 18.9. The number of benzene rings is 3. The Morgan fingerprint density at radius 1 is 1.03 bits per heavy atom. The fourth-order valence-corrected chi connectivity index (χ4v) is 4.32. The molecule has 0 fully saturated rings. The number of nitrogens with zero attached hydrogens (tertiary/aromatic N) is 5. The summed E-state index contributed by atoms with van der Waals surface area (Å²) in [4.78, 5) is 14.6. The number of nitriles is 1. The van der Waals surface area contributed by atoms with Crippen molar-refractivity contribution in [3.8, 4) is 23.1 Å². The van der Waals surface area contributed by atoms with Gasteiger partial charge in [-0.15, -0.1) is 10.2 Å². The van der Waals surface area contributed by atoms with Crippen LogP contribution in [0.5, 0.6) is 0 Å². The number of hydrogen-bond donors (Lipinski definition) is 0. The SMILES string of the molecule is Cc1ccc(-n2c(SCC(=O)N(CCC#N)c3ccc(F)cc3)nnc2-c2ccccc2F)cc1. The zero-order chi connectivity index (χ0) is 24.8. The summed E-state index contributed by atoms with van der Waals surface area (Å²) in [5.74, 6) is -0.809. The van der Waals surface area contributed by atoms with Crippen LogP contribution < -0.4 is 4.90 Å². The monoisotopic (exact) mass is 489 g/mol. The first-order valence-corrected chi connectivity index (χ1v) is 11.8. The summed E-state index contributed by atoms with van der Waals surface area (Å²) in [5.41, 5.74) is 2.58. The third-order valence-electron chi connectivity index (χ3n) is 5.25.